The van der Waals surface area contributed by atoms with Crippen LogP contribution in [0.3, 0.4) is 0 Å². The highest BCUT2D eigenvalue weighted by Crippen LogP contribution is 2.23. The first-order chi connectivity index (χ1) is 10.2. The first kappa shape index (κ1) is 16.9. The molecular formula is C20H30NSi+. The van der Waals surface area contributed by atoms with Crippen molar-refractivity contribution >= 4 is 13.3 Å². The van der Waals surface area contributed by atoms with Crippen LogP contribution in [-0.4, -0.2) is 8.07 Å². The van der Waals surface area contributed by atoms with E-state index in [9.17, 15) is 0 Å². The Labute approximate surface area is 137 Å². The van der Waals surface area contributed by atoms with E-state index >= 15 is 0 Å². The Morgan fingerprint density at radius 1 is 1.05 bits per heavy atom. The molecule has 22 heavy (non-hydrogen) atoms. The summed E-state index contributed by atoms with van der Waals surface area (Å²) >= 11 is 0. The normalized spacial score (nSPS) is 12.0. The maximum absolute atomic E-state index is 2.40. The molecule has 0 radical (unpaired) electrons. The molecule has 0 bridgehead atoms. The molecule has 118 valence electrons. The van der Waals surface area contributed by atoms with E-state index in [0.29, 0.717) is 5.92 Å². The highest BCUT2D eigenvalue weighted by atomic mass is 28.3. The van der Waals surface area contributed by atoms with Gasteiger partial charge in [0.05, 0.1) is 8.07 Å². The van der Waals surface area contributed by atoms with Crippen molar-refractivity contribution in [1.29, 1.82) is 0 Å². The van der Waals surface area contributed by atoms with Crippen molar-refractivity contribution in [2.24, 2.45) is 13.0 Å². The maximum atomic E-state index is 2.40. The molecule has 0 saturated carbocycles. The van der Waals surface area contributed by atoms with Gasteiger partial charge in [-0.3, -0.25) is 0 Å². The number of rotatable bonds is 4. The first-order valence-corrected chi connectivity index (χ1v) is 11.8. The van der Waals surface area contributed by atoms with Crippen molar-refractivity contribution in [2.45, 2.75) is 46.8 Å². The van der Waals surface area contributed by atoms with Gasteiger partial charge in [0.25, 0.3) is 0 Å². The quantitative estimate of drug-likeness (QED) is 0.587. The maximum Gasteiger partial charge on any atom is 0.212 e. The molecule has 0 fully saturated rings. The molecule has 1 aromatic carbocycles. The van der Waals surface area contributed by atoms with Crippen LogP contribution in [0.25, 0.3) is 11.3 Å². The van der Waals surface area contributed by atoms with Crippen molar-refractivity contribution in [3.05, 3.63) is 47.7 Å². The third-order valence-corrected chi connectivity index (χ3v) is 6.25. The predicted octanol–water partition coefficient (Wildman–Crippen LogP) is 4.23. The zero-order valence-electron chi connectivity index (χ0n) is 15.2. The largest absolute Gasteiger partial charge is 0.212 e. The Balaban J connectivity index is 2.47. The number of aryl methyl sites for hydroxylation is 2. The molecule has 0 saturated heterocycles. The molecule has 1 nitrogen and oxygen atoms in total. The summed E-state index contributed by atoms with van der Waals surface area (Å²) in [6.45, 7) is 14.0. The summed E-state index contributed by atoms with van der Waals surface area (Å²) < 4.78 is 2.30. The third kappa shape index (κ3) is 3.86. The minimum absolute atomic E-state index is 0.693. The van der Waals surface area contributed by atoms with E-state index in [1.54, 1.807) is 0 Å². The molecule has 2 aromatic rings. The van der Waals surface area contributed by atoms with Crippen molar-refractivity contribution in [3.8, 4) is 11.3 Å². The van der Waals surface area contributed by atoms with Gasteiger partial charge >= 0.3 is 0 Å². The number of pyridine rings is 1. The molecule has 2 heteroatoms. The molecule has 0 aliphatic rings. The summed E-state index contributed by atoms with van der Waals surface area (Å²) in [5.41, 5.74) is 5.46. The summed E-state index contributed by atoms with van der Waals surface area (Å²) in [4.78, 5) is 0. The van der Waals surface area contributed by atoms with Crippen molar-refractivity contribution in [3.63, 3.8) is 0 Å². The van der Waals surface area contributed by atoms with E-state index in [4.69, 9.17) is 0 Å². The molecule has 0 spiro atoms. The van der Waals surface area contributed by atoms with E-state index in [1.807, 2.05) is 0 Å². The summed E-state index contributed by atoms with van der Waals surface area (Å²) in [7, 11) is 0.918. The Bertz CT molecular complexity index is 666. The van der Waals surface area contributed by atoms with E-state index in [2.05, 4.69) is 88.6 Å². The van der Waals surface area contributed by atoms with Gasteiger partial charge < -0.3 is 0 Å². The fourth-order valence-corrected chi connectivity index (χ4v) is 4.04. The van der Waals surface area contributed by atoms with Gasteiger partial charge in [-0.15, -0.1) is 0 Å². The molecule has 0 unspecified atom stereocenters. The average molecular weight is 313 g/mol. The molecule has 1 heterocycles. The molecule has 0 aliphatic heterocycles. The minimum atomic E-state index is -1.26. The Kier molecular flexibility index (Phi) is 4.91. The topological polar surface area (TPSA) is 3.88 Å². The van der Waals surface area contributed by atoms with Crippen molar-refractivity contribution in [2.75, 3.05) is 0 Å². The molecule has 0 amide bonds. The van der Waals surface area contributed by atoms with Crippen LogP contribution in [0, 0.1) is 12.8 Å². The number of hydrogen-bond donors (Lipinski definition) is 0. The summed E-state index contributed by atoms with van der Waals surface area (Å²) in [6.07, 6.45) is 3.47. The van der Waals surface area contributed by atoms with Gasteiger partial charge in [0.1, 0.15) is 7.05 Å². The van der Waals surface area contributed by atoms with E-state index in [-0.39, 0.29) is 0 Å². The Hall–Kier alpha value is -1.41. The van der Waals surface area contributed by atoms with E-state index < -0.39 is 8.07 Å². The van der Waals surface area contributed by atoms with Gasteiger partial charge in [-0.05, 0) is 36.5 Å². The van der Waals surface area contributed by atoms with Crippen molar-refractivity contribution < 1.29 is 4.57 Å². The second-order valence-electron chi connectivity index (χ2n) is 7.91. The lowest BCUT2D eigenvalue weighted by Gasteiger charge is -2.16. The molecule has 2 rings (SSSR count). The fraction of sp³-hybridized carbons (Fsp3) is 0.450. The van der Waals surface area contributed by atoms with Crippen LogP contribution in [0.1, 0.15) is 25.0 Å². The zero-order valence-corrected chi connectivity index (χ0v) is 16.2. The van der Waals surface area contributed by atoms with Gasteiger partial charge in [0.15, 0.2) is 6.20 Å². The fourth-order valence-electron chi connectivity index (χ4n) is 2.87. The van der Waals surface area contributed by atoms with Crippen LogP contribution < -0.4 is 9.75 Å². The highest BCUT2D eigenvalue weighted by molar-refractivity contribution is 6.88. The number of hydrogen-bond acceptors (Lipinski definition) is 0. The number of benzene rings is 1. The standard InChI is InChI=1S/C20H30NSi/c1-15(2)12-17-9-8-16(3)19(13-17)20-11-10-18(14-21(20)4)22(5,6)7/h8-11,13-15H,12H2,1-7H3/q+1. The zero-order chi connectivity index (χ0) is 16.5. The van der Waals surface area contributed by atoms with Crippen LogP contribution in [0.2, 0.25) is 19.6 Å². The summed E-state index contributed by atoms with van der Waals surface area (Å²) in [6, 6.07) is 11.5. The van der Waals surface area contributed by atoms with Gasteiger partial charge in [0, 0.05) is 16.8 Å². The second kappa shape index (κ2) is 6.37. The first-order valence-electron chi connectivity index (χ1n) is 8.28. The number of nitrogens with zero attached hydrogens (tertiary/aromatic N) is 1. The lowest BCUT2D eigenvalue weighted by atomic mass is 9.96. The predicted molar refractivity (Wildman–Crippen MR) is 99.3 cm³/mol. The highest BCUT2D eigenvalue weighted by Gasteiger charge is 2.21. The summed E-state index contributed by atoms with van der Waals surface area (Å²) in [5, 5.41) is 1.51. The smallest absolute Gasteiger partial charge is 0.201 e. The van der Waals surface area contributed by atoms with Crippen LogP contribution >= 0.6 is 0 Å². The Morgan fingerprint density at radius 2 is 1.73 bits per heavy atom. The molecule has 1 aromatic heterocycles. The monoisotopic (exact) mass is 312 g/mol. The average Bonchev–Trinajstić information content (AvgIpc) is 2.39. The molecular weight excluding hydrogens is 282 g/mol. The second-order valence-corrected chi connectivity index (χ2v) is 13.0. The van der Waals surface area contributed by atoms with Gasteiger partial charge in [-0.1, -0.05) is 51.7 Å². The van der Waals surface area contributed by atoms with Crippen LogP contribution in [0.4, 0.5) is 0 Å². The van der Waals surface area contributed by atoms with Gasteiger partial charge in [0.2, 0.25) is 5.69 Å². The van der Waals surface area contributed by atoms with E-state index in [1.165, 1.54) is 27.6 Å². The lowest BCUT2D eigenvalue weighted by molar-refractivity contribution is -0.659. The van der Waals surface area contributed by atoms with E-state index in [0.717, 1.165) is 6.42 Å². The molecule has 0 N–H and O–H groups in total. The van der Waals surface area contributed by atoms with Gasteiger partial charge in [-0.2, -0.15) is 0 Å². The minimum Gasteiger partial charge on any atom is -0.201 e. The number of aromatic nitrogens is 1. The molecule has 0 atom stereocenters. The van der Waals surface area contributed by atoms with Crippen LogP contribution in [-0.2, 0) is 13.5 Å². The molecule has 0 aliphatic carbocycles. The third-order valence-electron chi connectivity index (χ3n) is 4.22. The summed E-state index contributed by atoms with van der Waals surface area (Å²) in [5.74, 6) is 0.693. The van der Waals surface area contributed by atoms with Crippen LogP contribution in [0.15, 0.2) is 36.5 Å². The van der Waals surface area contributed by atoms with Crippen molar-refractivity contribution in [1.82, 2.24) is 0 Å². The lowest BCUT2D eigenvalue weighted by Crippen LogP contribution is -2.44. The Morgan fingerprint density at radius 3 is 2.27 bits per heavy atom. The van der Waals surface area contributed by atoms with Gasteiger partial charge in [-0.25, -0.2) is 4.57 Å². The SMILES string of the molecule is Cc1ccc(CC(C)C)cc1-c1ccc([Si](C)(C)C)c[n+]1C. The van der Waals surface area contributed by atoms with Crippen LogP contribution in [0.5, 0.6) is 0 Å².